The molecule has 20 heavy (non-hydrogen) atoms. The number of benzene rings is 1. The number of rotatable bonds is 5. The van der Waals surface area contributed by atoms with Crippen molar-refractivity contribution in [3.05, 3.63) is 54.4 Å². The number of carbonyl (C=O) groups is 1. The molecule has 0 atom stereocenters. The van der Waals surface area contributed by atoms with Gasteiger partial charge in [-0.3, -0.25) is 9.78 Å². The van der Waals surface area contributed by atoms with Gasteiger partial charge in [-0.15, -0.1) is 0 Å². The van der Waals surface area contributed by atoms with Gasteiger partial charge in [0.1, 0.15) is 5.75 Å². The summed E-state index contributed by atoms with van der Waals surface area (Å²) in [6.07, 6.45) is 3.41. The fourth-order valence-electron chi connectivity index (χ4n) is 1.71. The Balaban J connectivity index is 1.85. The van der Waals surface area contributed by atoms with Gasteiger partial charge in [-0.2, -0.15) is 0 Å². The van der Waals surface area contributed by atoms with Gasteiger partial charge < -0.3 is 15.4 Å². The molecule has 1 heterocycles. The first-order valence-corrected chi connectivity index (χ1v) is 6.26. The van der Waals surface area contributed by atoms with Crippen LogP contribution in [0.3, 0.4) is 0 Å². The lowest BCUT2D eigenvalue weighted by atomic mass is 10.2. The number of carbonyl (C=O) groups excluding carboxylic acids is 1. The third kappa shape index (κ3) is 3.98. The first-order valence-electron chi connectivity index (χ1n) is 6.26. The minimum absolute atomic E-state index is 0.00889. The molecule has 0 aliphatic heterocycles. The molecule has 0 aliphatic rings. The molecule has 104 valence electrons. The number of hydrogen-bond donors (Lipinski definition) is 1. The van der Waals surface area contributed by atoms with Crippen LogP contribution in [0.5, 0.6) is 5.75 Å². The van der Waals surface area contributed by atoms with Crippen molar-refractivity contribution in [3.8, 4) is 5.75 Å². The molecule has 0 saturated heterocycles. The number of ether oxygens (including phenoxy) is 1. The van der Waals surface area contributed by atoms with E-state index in [4.69, 9.17) is 10.5 Å². The molecule has 1 aromatic carbocycles. The molecule has 5 nitrogen and oxygen atoms in total. The number of nitrogens with two attached hydrogens (primary N) is 1. The molecule has 2 aromatic rings. The number of amides is 1. The highest BCUT2D eigenvalue weighted by molar-refractivity contribution is 5.77. The Hall–Kier alpha value is -2.56. The van der Waals surface area contributed by atoms with E-state index in [9.17, 15) is 4.79 Å². The minimum atomic E-state index is -0.0933. The van der Waals surface area contributed by atoms with Crippen LogP contribution < -0.4 is 10.5 Å². The summed E-state index contributed by atoms with van der Waals surface area (Å²) in [6, 6.07) is 10.8. The van der Waals surface area contributed by atoms with Crippen LogP contribution in [0.25, 0.3) is 0 Å². The normalized spacial score (nSPS) is 10.1. The molecule has 5 heteroatoms. The average molecular weight is 271 g/mol. The Labute approximate surface area is 118 Å². The summed E-state index contributed by atoms with van der Waals surface area (Å²) in [6.45, 7) is 0.521. The molecular formula is C15H17N3O2. The van der Waals surface area contributed by atoms with Gasteiger partial charge in [-0.25, -0.2) is 0 Å². The van der Waals surface area contributed by atoms with Crippen LogP contribution in [0.2, 0.25) is 0 Å². The van der Waals surface area contributed by atoms with Crippen molar-refractivity contribution >= 4 is 11.6 Å². The maximum Gasteiger partial charge on any atom is 0.260 e. The molecule has 0 fully saturated rings. The standard InChI is InChI=1S/C15H17N3O2/c1-18(10-12-5-7-17-8-6-12)15(19)11-20-14-4-2-3-13(16)9-14/h2-9H,10-11,16H2,1H3. The third-order valence-electron chi connectivity index (χ3n) is 2.82. The summed E-state index contributed by atoms with van der Waals surface area (Å²) in [5.74, 6) is 0.500. The van der Waals surface area contributed by atoms with Crippen LogP contribution in [0, 0.1) is 0 Å². The fraction of sp³-hybridized carbons (Fsp3) is 0.200. The van der Waals surface area contributed by atoms with Crippen LogP contribution in [-0.2, 0) is 11.3 Å². The maximum absolute atomic E-state index is 12.0. The van der Waals surface area contributed by atoms with Crippen LogP contribution in [0.4, 0.5) is 5.69 Å². The quantitative estimate of drug-likeness (QED) is 0.840. The Morgan fingerprint density at radius 1 is 1.30 bits per heavy atom. The van der Waals surface area contributed by atoms with E-state index in [-0.39, 0.29) is 12.5 Å². The molecule has 2 rings (SSSR count). The summed E-state index contributed by atoms with van der Waals surface area (Å²) in [7, 11) is 1.74. The van der Waals surface area contributed by atoms with Crippen LogP contribution in [-0.4, -0.2) is 29.4 Å². The number of hydrogen-bond acceptors (Lipinski definition) is 4. The molecule has 0 unspecified atom stereocenters. The summed E-state index contributed by atoms with van der Waals surface area (Å²) in [4.78, 5) is 17.5. The number of nitrogens with zero attached hydrogens (tertiary/aromatic N) is 2. The topological polar surface area (TPSA) is 68.5 Å². The second-order valence-electron chi connectivity index (χ2n) is 4.47. The number of nitrogen functional groups attached to an aromatic ring is 1. The Morgan fingerprint density at radius 3 is 2.75 bits per heavy atom. The smallest absolute Gasteiger partial charge is 0.260 e. The zero-order chi connectivity index (χ0) is 14.4. The Kier molecular flexibility index (Phi) is 4.55. The zero-order valence-corrected chi connectivity index (χ0v) is 11.3. The molecule has 1 aromatic heterocycles. The van der Waals surface area contributed by atoms with Crippen LogP contribution >= 0.6 is 0 Å². The van der Waals surface area contributed by atoms with Crippen molar-refractivity contribution in [2.24, 2.45) is 0 Å². The average Bonchev–Trinajstić information content (AvgIpc) is 2.46. The lowest BCUT2D eigenvalue weighted by molar-refractivity contribution is -0.132. The molecule has 1 amide bonds. The molecule has 0 spiro atoms. The van der Waals surface area contributed by atoms with Gasteiger partial charge in [0.2, 0.25) is 0 Å². The lowest BCUT2D eigenvalue weighted by Crippen LogP contribution is -2.30. The highest BCUT2D eigenvalue weighted by Crippen LogP contribution is 2.14. The molecular weight excluding hydrogens is 254 g/mol. The van der Waals surface area contributed by atoms with E-state index in [0.29, 0.717) is 18.0 Å². The fourth-order valence-corrected chi connectivity index (χ4v) is 1.71. The summed E-state index contributed by atoms with van der Waals surface area (Å²) < 4.78 is 5.42. The number of likely N-dealkylation sites (N-methyl/N-ethyl adjacent to an activating group) is 1. The largest absolute Gasteiger partial charge is 0.484 e. The van der Waals surface area contributed by atoms with E-state index < -0.39 is 0 Å². The van der Waals surface area contributed by atoms with Gasteiger partial charge >= 0.3 is 0 Å². The highest BCUT2D eigenvalue weighted by atomic mass is 16.5. The van der Waals surface area contributed by atoms with Gasteiger partial charge in [-0.1, -0.05) is 6.07 Å². The van der Waals surface area contributed by atoms with Crippen molar-refractivity contribution < 1.29 is 9.53 Å². The van der Waals surface area contributed by atoms with E-state index in [1.165, 1.54) is 0 Å². The minimum Gasteiger partial charge on any atom is -0.484 e. The molecule has 0 radical (unpaired) electrons. The van der Waals surface area contributed by atoms with E-state index in [0.717, 1.165) is 5.56 Å². The molecule has 2 N–H and O–H groups in total. The summed E-state index contributed by atoms with van der Waals surface area (Å²) in [5.41, 5.74) is 7.28. The van der Waals surface area contributed by atoms with Crippen molar-refractivity contribution in [1.29, 1.82) is 0 Å². The summed E-state index contributed by atoms with van der Waals surface area (Å²) >= 11 is 0. The van der Waals surface area contributed by atoms with E-state index >= 15 is 0 Å². The van der Waals surface area contributed by atoms with Crippen molar-refractivity contribution in [2.75, 3.05) is 19.4 Å². The third-order valence-corrected chi connectivity index (χ3v) is 2.82. The number of aromatic nitrogens is 1. The number of pyridine rings is 1. The first kappa shape index (κ1) is 13.9. The van der Waals surface area contributed by atoms with E-state index in [1.54, 1.807) is 48.6 Å². The van der Waals surface area contributed by atoms with Crippen molar-refractivity contribution in [2.45, 2.75) is 6.54 Å². The highest BCUT2D eigenvalue weighted by Gasteiger charge is 2.10. The Morgan fingerprint density at radius 2 is 2.05 bits per heavy atom. The second-order valence-corrected chi connectivity index (χ2v) is 4.47. The van der Waals surface area contributed by atoms with Gasteiger partial charge in [0.05, 0.1) is 0 Å². The second kappa shape index (κ2) is 6.56. The van der Waals surface area contributed by atoms with Gasteiger partial charge in [0.15, 0.2) is 6.61 Å². The molecule has 0 saturated carbocycles. The SMILES string of the molecule is CN(Cc1ccncc1)C(=O)COc1cccc(N)c1. The first-order chi connectivity index (χ1) is 9.65. The lowest BCUT2D eigenvalue weighted by Gasteiger charge is -2.17. The predicted molar refractivity (Wildman–Crippen MR) is 77.1 cm³/mol. The summed E-state index contributed by atoms with van der Waals surface area (Å²) in [5, 5.41) is 0. The van der Waals surface area contributed by atoms with Gasteiger partial charge in [-0.05, 0) is 29.8 Å². The van der Waals surface area contributed by atoms with Crippen LogP contribution in [0.1, 0.15) is 5.56 Å². The van der Waals surface area contributed by atoms with E-state index in [1.807, 2.05) is 12.1 Å². The monoisotopic (exact) mass is 271 g/mol. The predicted octanol–water partition coefficient (Wildman–Crippen LogP) is 1.70. The molecule has 0 bridgehead atoms. The van der Waals surface area contributed by atoms with Crippen molar-refractivity contribution in [1.82, 2.24) is 9.88 Å². The van der Waals surface area contributed by atoms with Crippen LogP contribution in [0.15, 0.2) is 48.8 Å². The zero-order valence-electron chi connectivity index (χ0n) is 11.3. The van der Waals surface area contributed by atoms with E-state index in [2.05, 4.69) is 4.98 Å². The van der Waals surface area contributed by atoms with Gasteiger partial charge in [0.25, 0.3) is 5.91 Å². The van der Waals surface area contributed by atoms with Crippen molar-refractivity contribution in [3.63, 3.8) is 0 Å². The molecule has 0 aliphatic carbocycles. The number of anilines is 1. The van der Waals surface area contributed by atoms with Gasteiger partial charge in [0, 0.05) is 37.7 Å². The maximum atomic E-state index is 12.0. The Bertz CT molecular complexity index is 572.